The summed E-state index contributed by atoms with van der Waals surface area (Å²) < 4.78 is 37.9. The second kappa shape index (κ2) is 6.79. The molecule has 1 fully saturated rings. The molecule has 1 aromatic carbocycles. The number of hydrogen-bond donors (Lipinski definition) is 1. The summed E-state index contributed by atoms with van der Waals surface area (Å²) in [7, 11) is 1.86. The molecule has 1 N–H and O–H groups in total. The normalized spacial score (nSPS) is 17.2. The monoisotopic (exact) mass is 300 g/mol. The van der Waals surface area contributed by atoms with Crippen LogP contribution in [0.4, 0.5) is 13.2 Å². The van der Waals surface area contributed by atoms with Crippen LogP contribution in [0, 0.1) is 6.92 Å². The smallest absolute Gasteiger partial charge is 0.313 e. The molecular formula is C16H23F3N2. The van der Waals surface area contributed by atoms with Crippen molar-refractivity contribution >= 4 is 0 Å². The lowest BCUT2D eigenvalue weighted by atomic mass is 9.98. The first kappa shape index (κ1) is 16.3. The summed E-state index contributed by atoms with van der Waals surface area (Å²) in [6.07, 6.45) is -1.64. The molecule has 0 aromatic heterocycles. The van der Waals surface area contributed by atoms with Gasteiger partial charge in [-0.25, -0.2) is 0 Å². The van der Waals surface area contributed by atoms with Crippen LogP contribution in [0.25, 0.3) is 0 Å². The predicted octanol–water partition coefficient (Wildman–Crippen LogP) is 3.67. The average molecular weight is 300 g/mol. The van der Waals surface area contributed by atoms with Gasteiger partial charge in [0.25, 0.3) is 0 Å². The van der Waals surface area contributed by atoms with Crippen molar-refractivity contribution in [2.45, 2.75) is 44.4 Å². The number of halogens is 3. The first-order valence-corrected chi connectivity index (χ1v) is 7.44. The zero-order valence-electron chi connectivity index (χ0n) is 12.6. The van der Waals surface area contributed by atoms with Gasteiger partial charge in [0, 0.05) is 18.6 Å². The van der Waals surface area contributed by atoms with Crippen LogP contribution in [-0.4, -0.2) is 37.3 Å². The van der Waals surface area contributed by atoms with Crippen LogP contribution in [0.1, 0.15) is 36.4 Å². The average Bonchev–Trinajstić information content (AvgIpc) is 3.23. The fourth-order valence-corrected chi connectivity index (χ4v) is 2.79. The number of nitrogens with zero attached hydrogens (tertiary/aromatic N) is 1. The molecule has 1 aliphatic rings. The van der Waals surface area contributed by atoms with Gasteiger partial charge in [-0.2, -0.15) is 13.2 Å². The van der Waals surface area contributed by atoms with Crippen LogP contribution in [-0.2, 0) is 0 Å². The van der Waals surface area contributed by atoms with Gasteiger partial charge in [-0.15, -0.1) is 0 Å². The molecule has 2 nitrogen and oxygen atoms in total. The second-order valence-corrected chi connectivity index (χ2v) is 5.80. The number of alkyl halides is 3. The van der Waals surface area contributed by atoms with Crippen LogP contribution >= 0.6 is 0 Å². The summed E-state index contributed by atoms with van der Waals surface area (Å²) in [5.41, 5.74) is 2.34. The van der Waals surface area contributed by atoms with Gasteiger partial charge >= 0.3 is 6.18 Å². The Kier molecular flexibility index (Phi) is 5.27. The summed E-state index contributed by atoms with van der Waals surface area (Å²) in [5.74, 6) is 0. The van der Waals surface area contributed by atoms with Gasteiger partial charge in [0.05, 0.1) is 6.54 Å². The van der Waals surface area contributed by atoms with Gasteiger partial charge in [-0.05, 0) is 44.4 Å². The maximum atomic E-state index is 12.6. The van der Waals surface area contributed by atoms with Crippen molar-refractivity contribution in [2.24, 2.45) is 0 Å². The SMILES string of the molecule is CNC(CCN(CC(F)(F)F)C1CC1)c1ccccc1C. The molecule has 2 rings (SSSR count). The van der Waals surface area contributed by atoms with Crippen molar-refractivity contribution < 1.29 is 13.2 Å². The fourth-order valence-electron chi connectivity index (χ4n) is 2.79. The third-order valence-electron chi connectivity index (χ3n) is 4.06. The summed E-state index contributed by atoms with van der Waals surface area (Å²) in [6, 6.07) is 8.25. The molecular weight excluding hydrogens is 277 g/mol. The zero-order chi connectivity index (χ0) is 15.5. The molecule has 0 saturated heterocycles. The largest absolute Gasteiger partial charge is 0.401 e. The van der Waals surface area contributed by atoms with E-state index >= 15 is 0 Å². The van der Waals surface area contributed by atoms with E-state index in [1.54, 1.807) is 4.90 Å². The Hall–Kier alpha value is -1.07. The maximum Gasteiger partial charge on any atom is 0.401 e. The highest BCUT2D eigenvalue weighted by Gasteiger charge is 2.37. The molecule has 0 radical (unpaired) electrons. The van der Waals surface area contributed by atoms with E-state index in [0.717, 1.165) is 12.8 Å². The van der Waals surface area contributed by atoms with E-state index < -0.39 is 12.7 Å². The number of benzene rings is 1. The van der Waals surface area contributed by atoms with Gasteiger partial charge in [-0.1, -0.05) is 24.3 Å². The Morgan fingerprint density at radius 3 is 2.48 bits per heavy atom. The van der Waals surface area contributed by atoms with Gasteiger partial charge < -0.3 is 5.32 Å². The summed E-state index contributed by atoms with van der Waals surface area (Å²) in [6.45, 7) is 1.72. The topological polar surface area (TPSA) is 15.3 Å². The Balaban J connectivity index is 1.96. The number of rotatable bonds is 7. The van der Waals surface area contributed by atoms with E-state index in [-0.39, 0.29) is 12.1 Å². The van der Waals surface area contributed by atoms with E-state index in [0.29, 0.717) is 13.0 Å². The molecule has 0 heterocycles. The molecule has 1 atom stereocenters. The molecule has 0 amide bonds. The Labute approximate surface area is 124 Å². The molecule has 1 aliphatic carbocycles. The Bertz CT molecular complexity index is 455. The van der Waals surface area contributed by atoms with E-state index in [1.165, 1.54) is 11.1 Å². The lowest BCUT2D eigenvalue weighted by molar-refractivity contribution is -0.147. The molecule has 5 heteroatoms. The van der Waals surface area contributed by atoms with Crippen molar-refractivity contribution in [3.63, 3.8) is 0 Å². The highest BCUT2D eigenvalue weighted by molar-refractivity contribution is 5.28. The van der Waals surface area contributed by atoms with Gasteiger partial charge in [0.2, 0.25) is 0 Å². The number of nitrogens with one attached hydrogen (secondary N) is 1. The lowest BCUT2D eigenvalue weighted by Crippen LogP contribution is -2.37. The minimum atomic E-state index is -4.11. The van der Waals surface area contributed by atoms with Gasteiger partial charge in [0.15, 0.2) is 0 Å². The second-order valence-electron chi connectivity index (χ2n) is 5.80. The highest BCUT2D eigenvalue weighted by Crippen LogP contribution is 2.31. The molecule has 1 unspecified atom stereocenters. The lowest BCUT2D eigenvalue weighted by Gasteiger charge is -2.26. The predicted molar refractivity (Wildman–Crippen MR) is 78.2 cm³/mol. The molecule has 0 spiro atoms. The van der Waals surface area contributed by atoms with Crippen molar-refractivity contribution in [1.82, 2.24) is 10.2 Å². The standard InChI is InChI=1S/C16H23F3N2/c1-12-5-3-4-6-14(12)15(20-2)9-10-21(13-7-8-13)11-16(17,18)19/h3-6,13,15,20H,7-11H2,1-2H3. The minimum Gasteiger partial charge on any atom is -0.313 e. The zero-order valence-corrected chi connectivity index (χ0v) is 12.6. The summed E-state index contributed by atoms with van der Waals surface area (Å²) in [5, 5.41) is 3.23. The number of aryl methyl sites for hydroxylation is 1. The van der Waals surface area contributed by atoms with E-state index in [2.05, 4.69) is 5.32 Å². The van der Waals surface area contributed by atoms with E-state index in [4.69, 9.17) is 0 Å². The molecule has 118 valence electrons. The minimum absolute atomic E-state index is 0.0979. The first-order chi connectivity index (χ1) is 9.90. The third-order valence-corrected chi connectivity index (χ3v) is 4.06. The van der Waals surface area contributed by atoms with Crippen LogP contribution in [0.3, 0.4) is 0 Å². The van der Waals surface area contributed by atoms with Gasteiger partial charge in [0.1, 0.15) is 0 Å². The summed E-state index contributed by atoms with van der Waals surface area (Å²) in [4.78, 5) is 1.59. The molecule has 1 aromatic rings. The highest BCUT2D eigenvalue weighted by atomic mass is 19.4. The van der Waals surface area contributed by atoms with Crippen molar-refractivity contribution in [3.8, 4) is 0 Å². The van der Waals surface area contributed by atoms with Crippen LogP contribution in [0.2, 0.25) is 0 Å². The first-order valence-electron chi connectivity index (χ1n) is 7.44. The van der Waals surface area contributed by atoms with Crippen LogP contribution in [0.15, 0.2) is 24.3 Å². The maximum absolute atomic E-state index is 12.6. The fraction of sp³-hybridized carbons (Fsp3) is 0.625. The summed E-state index contributed by atoms with van der Waals surface area (Å²) >= 11 is 0. The van der Waals surface area contributed by atoms with Crippen molar-refractivity contribution in [1.29, 1.82) is 0 Å². The molecule has 0 aliphatic heterocycles. The quantitative estimate of drug-likeness (QED) is 0.826. The molecule has 1 saturated carbocycles. The van der Waals surface area contributed by atoms with Crippen LogP contribution in [0.5, 0.6) is 0 Å². The number of hydrogen-bond acceptors (Lipinski definition) is 2. The van der Waals surface area contributed by atoms with Crippen LogP contribution < -0.4 is 5.32 Å². The molecule has 0 bridgehead atoms. The van der Waals surface area contributed by atoms with E-state index in [9.17, 15) is 13.2 Å². The Morgan fingerprint density at radius 2 is 1.95 bits per heavy atom. The molecule has 21 heavy (non-hydrogen) atoms. The van der Waals surface area contributed by atoms with Gasteiger partial charge in [-0.3, -0.25) is 4.90 Å². The van der Waals surface area contributed by atoms with Crippen molar-refractivity contribution in [3.05, 3.63) is 35.4 Å². The Morgan fingerprint density at radius 1 is 1.29 bits per heavy atom. The third kappa shape index (κ3) is 5.00. The van der Waals surface area contributed by atoms with Crippen molar-refractivity contribution in [2.75, 3.05) is 20.1 Å². The van der Waals surface area contributed by atoms with E-state index in [1.807, 2.05) is 38.2 Å².